The lowest BCUT2D eigenvalue weighted by Gasteiger charge is -2.21. The van der Waals surface area contributed by atoms with E-state index in [-0.39, 0.29) is 0 Å². The van der Waals surface area contributed by atoms with Crippen molar-refractivity contribution in [1.82, 2.24) is 4.57 Å². The Bertz CT molecular complexity index is 1190. The molecule has 7 heteroatoms. The van der Waals surface area contributed by atoms with E-state index >= 15 is 0 Å². The first-order chi connectivity index (χ1) is 14.6. The van der Waals surface area contributed by atoms with Gasteiger partial charge in [-0.1, -0.05) is 34.1 Å². The summed E-state index contributed by atoms with van der Waals surface area (Å²) < 4.78 is 2.95. The van der Waals surface area contributed by atoms with Crippen molar-refractivity contribution >= 4 is 33.4 Å². The summed E-state index contributed by atoms with van der Waals surface area (Å²) in [4.78, 5) is 0. The van der Waals surface area contributed by atoms with Gasteiger partial charge in [0.15, 0.2) is 0 Å². The highest BCUT2D eigenvalue weighted by molar-refractivity contribution is 9.10. The van der Waals surface area contributed by atoms with Crippen molar-refractivity contribution in [2.45, 2.75) is 6.17 Å². The van der Waals surface area contributed by atoms with E-state index < -0.39 is 12.1 Å². The van der Waals surface area contributed by atoms with Gasteiger partial charge in [-0.2, -0.15) is 15.6 Å². The Kier molecular flexibility index (Phi) is 5.49. The molecule has 6 nitrogen and oxygen atoms in total. The maximum atomic E-state index is 9.86. The monoisotopic (exact) mass is 456 g/mol. The van der Waals surface area contributed by atoms with Crippen molar-refractivity contribution in [3.63, 3.8) is 0 Å². The van der Waals surface area contributed by atoms with Crippen LogP contribution in [0.15, 0.2) is 88.1 Å². The van der Waals surface area contributed by atoms with E-state index in [4.69, 9.17) is 5.73 Å². The number of benzene rings is 2. The first-order valence-corrected chi connectivity index (χ1v) is 10.0. The minimum atomic E-state index is -0.716. The van der Waals surface area contributed by atoms with E-state index in [9.17, 15) is 10.5 Å². The Balaban J connectivity index is 1.75. The average molecular weight is 457 g/mol. The summed E-state index contributed by atoms with van der Waals surface area (Å²) >= 11 is 3.44. The number of rotatable bonds is 4. The van der Waals surface area contributed by atoms with Crippen LogP contribution in [0.5, 0.6) is 0 Å². The van der Waals surface area contributed by atoms with Gasteiger partial charge in [-0.05, 0) is 54.6 Å². The highest BCUT2D eigenvalue weighted by Crippen LogP contribution is 2.29. The van der Waals surface area contributed by atoms with Crippen LogP contribution >= 0.6 is 15.9 Å². The first kappa shape index (κ1) is 19.7. The van der Waals surface area contributed by atoms with E-state index in [1.165, 1.54) is 0 Å². The highest BCUT2D eigenvalue weighted by Gasteiger charge is 2.37. The van der Waals surface area contributed by atoms with Crippen molar-refractivity contribution in [1.29, 1.82) is 10.5 Å². The van der Waals surface area contributed by atoms with Crippen LogP contribution in [0.4, 0.5) is 5.69 Å². The first-order valence-electron chi connectivity index (χ1n) is 9.26. The van der Waals surface area contributed by atoms with Crippen LogP contribution in [0, 0.1) is 28.6 Å². The van der Waals surface area contributed by atoms with Crippen molar-refractivity contribution in [3.05, 3.63) is 88.7 Å². The van der Waals surface area contributed by atoms with Crippen LogP contribution in [-0.2, 0) is 0 Å². The van der Waals surface area contributed by atoms with Crippen LogP contribution in [0.25, 0.3) is 11.8 Å². The molecule has 1 aliphatic heterocycles. The topological polar surface area (TPSA) is 94.1 Å². The number of halogens is 1. The second-order valence-electron chi connectivity index (χ2n) is 6.71. The lowest BCUT2D eigenvalue weighted by molar-refractivity contribution is 0.624. The normalized spacial score (nSPS) is 18.6. The maximum absolute atomic E-state index is 9.86. The Labute approximate surface area is 182 Å². The molecule has 0 fully saturated rings. The third kappa shape index (κ3) is 3.65. The molecule has 0 saturated carbocycles. The third-order valence-electron chi connectivity index (χ3n) is 4.87. The summed E-state index contributed by atoms with van der Waals surface area (Å²) in [6, 6.07) is 25.5. The lowest BCUT2D eigenvalue weighted by atomic mass is 9.96. The molecule has 2 atom stereocenters. The summed E-state index contributed by atoms with van der Waals surface area (Å²) in [5, 5.41) is 25.7. The molecular formula is C23H17BrN6. The van der Waals surface area contributed by atoms with Gasteiger partial charge in [0, 0.05) is 22.1 Å². The van der Waals surface area contributed by atoms with Gasteiger partial charge in [-0.3, -0.25) is 0 Å². The summed E-state index contributed by atoms with van der Waals surface area (Å²) in [5.74, 6) is -0.716. The molecule has 0 radical (unpaired) electrons. The molecule has 2 heterocycles. The number of para-hydroxylation sites is 1. The molecule has 1 aliphatic rings. The van der Waals surface area contributed by atoms with Crippen LogP contribution in [-0.4, -0.2) is 16.4 Å². The summed E-state index contributed by atoms with van der Waals surface area (Å²) in [6.45, 7) is 0. The van der Waals surface area contributed by atoms with E-state index in [0.717, 1.165) is 21.5 Å². The number of nitriles is 2. The van der Waals surface area contributed by atoms with Gasteiger partial charge in [-0.25, -0.2) is 5.01 Å². The SMILES string of the molecule is N#C/C(=C/c1cccn1-c1ccc(Br)cc1)C1=NN(c2ccccc2)[C@@H](N)[C@H]1C#N. The molecule has 2 N–H and O–H groups in total. The molecule has 0 unspecified atom stereocenters. The fourth-order valence-corrected chi connectivity index (χ4v) is 3.64. The molecule has 0 spiro atoms. The summed E-state index contributed by atoms with van der Waals surface area (Å²) in [5.41, 5.74) is 9.52. The van der Waals surface area contributed by atoms with Crippen molar-refractivity contribution in [3.8, 4) is 17.8 Å². The Hall–Kier alpha value is -3.65. The van der Waals surface area contributed by atoms with E-state index in [1.807, 2.05) is 77.5 Å². The minimum Gasteiger partial charge on any atom is -0.317 e. The molecular weight excluding hydrogens is 440 g/mol. The van der Waals surface area contributed by atoms with Gasteiger partial charge in [0.2, 0.25) is 0 Å². The molecule has 0 saturated heterocycles. The summed E-state index contributed by atoms with van der Waals surface area (Å²) in [6.07, 6.45) is 3.00. The number of hydrogen-bond acceptors (Lipinski definition) is 5. The molecule has 4 rings (SSSR count). The number of allylic oxidation sites excluding steroid dienone is 1. The van der Waals surface area contributed by atoms with Crippen molar-refractivity contribution < 1.29 is 0 Å². The fraction of sp³-hybridized carbons (Fsp3) is 0.0870. The third-order valence-corrected chi connectivity index (χ3v) is 5.40. The highest BCUT2D eigenvalue weighted by atomic mass is 79.9. The number of nitrogens with two attached hydrogens (primary N) is 1. The zero-order valence-corrected chi connectivity index (χ0v) is 17.4. The van der Waals surface area contributed by atoms with Gasteiger partial charge in [0.05, 0.1) is 23.0 Å². The number of hydrazone groups is 1. The Morgan fingerprint density at radius 1 is 1.00 bits per heavy atom. The van der Waals surface area contributed by atoms with Crippen LogP contribution < -0.4 is 10.7 Å². The second kappa shape index (κ2) is 8.38. The van der Waals surface area contributed by atoms with Crippen LogP contribution in [0.1, 0.15) is 5.69 Å². The number of anilines is 1. The number of hydrogen-bond donors (Lipinski definition) is 1. The van der Waals surface area contributed by atoms with Gasteiger partial charge >= 0.3 is 0 Å². The van der Waals surface area contributed by atoms with Crippen LogP contribution in [0.3, 0.4) is 0 Å². The van der Waals surface area contributed by atoms with Gasteiger partial charge in [0.1, 0.15) is 18.2 Å². The molecule has 0 aliphatic carbocycles. The summed E-state index contributed by atoms with van der Waals surface area (Å²) in [7, 11) is 0. The van der Waals surface area contributed by atoms with E-state index in [1.54, 1.807) is 11.1 Å². The standard InChI is InChI=1S/C23H17BrN6/c24-17-8-10-18(11-9-17)29-12-4-7-20(29)13-16(14-25)22-21(15-26)23(27)30(28-22)19-5-2-1-3-6-19/h1-13,21,23H,27H2/b16-13-/t21-,23+/m0/s1. The quantitative estimate of drug-likeness (QED) is 0.586. The number of aromatic nitrogens is 1. The minimum absolute atomic E-state index is 0.312. The Morgan fingerprint density at radius 3 is 2.40 bits per heavy atom. The molecule has 1 aromatic heterocycles. The molecule has 146 valence electrons. The predicted octanol–water partition coefficient (Wildman–Crippen LogP) is 4.45. The van der Waals surface area contributed by atoms with E-state index in [2.05, 4.69) is 33.2 Å². The van der Waals surface area contributed by atoms with Gasteiger partial charge in [-0.15, -0.1) is 0 Å². The maximum Gasteiger partial charge on any atom is 0.127 e. The van der Waals surface area contributed by atoms with Crippen molar-refractivity contribution in [2.24, 2.45) is 16.8 Å². The second-order valence-corrected chi connectivity index (χ2v) is 7.63. The predicted molar refractivity (Wildman–Crippen MR) is 120 cm³/mol. The smallest absolute Gasteiger partial charge is 0.127 e. The van der Waals surface area contributed by atoms with Crippen molar-refractivity contribution in [2.75, 3.05) is 5.01 Å². The number of nitrogens with zero attached hydrogens (tertiary/aromatic N) is 5. The van der Waals surface area contributed by atoms with Gasteiger partial charge < -0.3 is 10.3 Å². The zero-order valence-electron chi connectivity index (χ0n) is 15.9. The van der Waals surface area contributed by atoms with Crippen LogP contribution in [0.2, 0.25) is 0 Å². The Morgan fingerprint density at radius 2 is 1.73 bits per heavy atom. The molecule has 0 amide bonds. The molecule has 2 aromatic carbocycles. The van der Waals surface area contributed by atoms with E-state index in [0.29, 0.717) is 11.3 Å². The lowest BCUT2D eigenvalue weighted by Crippen LogP contribution is -2.40. The largest absolute Gasteiger partial charge is 0.317 e. The molecule has 3 aromatic rings. The zero-order chi connectivity index (χ0) is 21.1. The van der Waals surface area contributed by atoms with Gasteiger partial charge in [0.25, 0.3) is 0 Å². The molecule has 30 heavy (non-hydrogen) atoms. The average Bonchev–Trinajstić information content (AvgIpc) is 3.37. The fourth-order valence-electron chi connectivity index (χ4n) is 3.38. The molecule has 0 bridgehead atoms.